The quantitative estimate of drug-likeness (QED) is 0.809. The summed E-state index contributed by atoms with van der Waals surface area (Å²) in [5.74, 6) is 0.137. The van der Waals surface area contributed by atoms with Crippen LogP contribution in [0.2, 0.25) is 0 Å². The predicted molar refractivity (Wildman–Crippen MR) is 65.1 cm³/mol. The number of hydrogen-bond donors (Lipinski definition) is 0. The van der Waals surface area contributed by atoms with E-state index in [4.69, 9.17) is 0 Å². The Morgan fingerprint density at radius 1 is 1.33 bits per heavy atom. The molecule has 0 aliphatic carbocycles. The number of rotatable bonds is 2. The third kappa shape index (κ3) is 2.21. The van der Waals surface area contributed by atoms with E-state index in [1.54, 1.807) is 11.3 Å². The van der Waals surface area contributed by atoms with Crippen molar-refractivity contribution in [1.29, 1.82) is 0 Å². The standard InChI is InChI=1S/C11H12O2S2/c1-8-4-3-5-10-11(8)9(6-14-10)7-15(2,12)13/h3-6H,7H2,1-2H3. The number of fused-ring (bicyclic) bond motifs is 1. The molecule has 0 unspecified atom stereocenters. The minimum absolute atomic E-state index is 0.137. The summed E-state index contributed by atoms with van der Waals surface area (Å²) >= 11 is 1.60. The highest BCUT2D eigenvalue weighted by atomic mass is 32.2. The molecule has 2 nitrogen and oxygen atoms in total. The number of thiophene rings is 1. The molecular formula is C11H12O2S2. The lowest BCUT2D eigenvalue weighted by Gasteiger charge is -2.00. The molecule has 80 valence electrons. The van der Waals surface area contributed by atoms with Crippen LogP contribution in [0.25, 0.3) is 10.1 Å². The third-order valence-electron chi connectivity index (χ3n) is 2.30. The average Bonchev–Trinajstić information content (AvgIpc) is 2.47. The number of sulfone groups is 1. The lowest BCUT2D eigenvalue weighted by atomic mass is 10.1. The molecule has 2 aromatic rings. The van der Waals surface area contributed by atoms with Crippen LogP contribution in [0.5, 0.6) is 0 Å². The van der Waals surface area contributed by atoms with Gasteiger partial charge in [0.1, 0.15) is 0 Å². The zero-order valence-electron chi connectivity index (χ0n) is 8.65. The fraction of sp³-hybridized carbons (Fsp3) is 0.273. The van der Waals surface area contributed by atoms with Crippen molar-refractivity contribution in [2.24, 2.45) is 0 Å². The van der Waals surface area contributed by atoms with E-state index >= 15 is 0 Å². The van der Waals surface area contributed by atoms with Gasteiger partial charge in [-0.25, -0.2) is 8.42 Å². The Morgan fingerprint density at radius 3 is 2.73 bits per heavy atom. The summed E-state index contributed by atoms with van der Waals surface area (Å²) < 4.78 is 23.7. The summed E-state index contributed by atoms with van der Waals surface area (Å²) in [5, 5.41) is 3.05. The summed E-state index contributed by atoms with van der Waals surface area (Å²) in [5.41, 5.74) is 2.07. The van der Waals surface area contributed by atoms with Gasteiger partial charge >= 0.3 is 0 Å². The van der Waals surface area contributed by atoms with Crippen molar-refractivity contribution in [1.82, 2.24) is 0 Å². The normalized spacial score (nSPS) is 12.1. The highest BCUT2D eigenvalue weighted by Gasteiger charge is 2.11. The fourth-order valence-corrected chi connectivity index (χ4v) is 3.67. The average molecular weight is 240 g/mol. The number of benzene rings is 1. The Hall–Kier alpha value is -0.870. The molecule has 0 radical (unpaired) electrons. The largest absolute Gasteiger partial charge is 0.229 e. The molecule has 15 heavy (non-hydrogen) atoms. The van der Waals surface area contributed by atoms with Crippen LogP contribution in [0.15, 0.2) is 23.6 Å². The fourth-order valence-electron chi connectivity index (χ4n) is 1.73. The first-order valence-electron chi connectivity index (χ1n) is 4.61. The van der Waals surface area contributed by atoms with E-state index in [2.05, 4.69) is 0 Å². The molecule has 2 rings (SSSR count). The molecule has 0 bridgehead atoms. The maximum atomic E-state index is 11.3. The van der Waals surface area contributed by atoms with Gasteiger partial charge in [-0.05, 0) is 34.9 Å². The van der Waals surface area contributed by atoms with Crippen molar-refractivity contribution in [3.63, 3.8) is 0 Å². The first-order chi connectivity index (χ1) is 6.97. The summed E-state index contributed by atoms with van der Waals surface area (Å²) in [7, 11) is -2.95. The van der Waals surface area contributed by atoms with Gasteiger partial charge in [-0.3, -0.25) is 0 Å². The molecule has 0 aliphatic rings. The highest BCUT2D eigenvalue weighted by Crippen LogP contribution is 2.29. The van der Waals surface area contributed by atoms with Crippen LogP contribution in [-0.4, -0.2) is 14.7 Å². The minimum atomic E-state index is -2.95. The van der Waals surface area contributed by atoms with E-state index in [1.165, 1.54) is 6.26 Å². The van der Waals surface area contributed by atoms with Crippen LogP contribution < -0.4 is 0 Å². The third-order valence-corrected chi connectivity index (χ3v) is 4.13. The summed E-state index contributed by atoms with van der Waals surface area (Å²) in [6.45, 7) is 2.01. The van der Waals surface area contributed by atoms with E-state index in [9.17, 15) is 8.42 Å². The predicted octanol–water partition coefficient (Wildman–Crippen LogP) is 2.75. The van der Waals surface area contributed by atoms with Crippen LogP contribution in [0.1, 0.15) is 11.1 Å². The number of aryl methyl sites for hydroxylation is 1. The van der Waals surface area contributed by atoms with E-state index in [0.717, 1.165) is 21.2 Å². The van der Waals surface area contributed by atoms with Gasteiger partial charge in [0.05, 0.1) is 5.75 Å². The molecule has 1 aromatic heterocycles. The van der Waals surface area contributed by atoms with Crippen LogP contribution in [0.3, 0.4) is 0 Å². The Bertz CT molecular complexity index is 594. The molecule has 0 spiro atoms. The second-order valence-electron chi connectivity index (χ2n) is 3.78. The monoisotopic (exact) mass is 240 g/mol. The number of hydrogen-bond acceptors (Lipinski definition) is 3. The maximum absolute atomic E-state index is 11.3. The van der Waals surface area contributed by atoms with Gasteiger partial charge in [0.2, 0.25) is 0 Å². The first kappa shape index (κ1) is 10.6. The molecule has 4 heteroatoms. The van der Waals surface area contributed by atoms with E-state index in [0.29, 0.717) is 0 Å². The summed E-state index contributed by atoms with van der Waals surface area (Å²) in [4.78, 5) is 0. The molecule has 0 atom stereocenters. The van der Waals surface area contributed by atoms with Gasteiger partial charge in [0.25, 0.3) is 0 Å². The molecule has 0 saturated heterocycles. The van der Waals surface area contributed by atoms with Crippen molar-refractivity contribution >= 4 is 31.3 Å². The SMILES string of the molecule is Cc1cccc2scc(CS(C)(=O)=O)c12. The van der Waals surface area contributed by atoms with Crippen molar-refractivity contribution in [3.8, 4) is 0 Å². The molecule has 0 fully saturated rings. The van der Waals surface area contributed by atoms with Crippen molar-refractivity contribution in [2.75, 3.05) is 6.26 Å². The van der Waals surface area contributed by atoms with Crippen LogP contribution in [-0.2, 0) is 15.6 Å². The second-order valence-corrected chi connectivity index (χ2v) is 6.83. The minimum Gasteiger partial charge on any atom is -0.229 e. The van der Waals surface area contributed by atoms with Crippen LogP contribution in [0.4, 0.5) is 0 Å². The van der Waals surface area contributed by atoms with Gasteiger partial charge in [-0.2, -0.15) is 0 Å². The van der Waals surface area contributed by atoms with Gasteiger partial charge in [0.15, 0.2) is 9.84 Å². The van der Waals surface area contributed by atoms with Crippen molar-refractivity contribution < 1.29 is 8.42 Å². The molecule has 1 heterocycles. The molecule has 0 aliphatic heterocycles. The molecular weight excluding hydrogens is 228 g/mol. The van der Waals surface area contributed by atoms with E-state index < -0.39 is 9.84 Å². The Labute approximate surface area is 93.5 Å². The molecule has 1 aromatic carbocycles. The second kappa shape index (κ2) is 3.61. The Kier molecular flexibility index (Phi) is 2.56. The lowest BCUT2D eigenvalue weighted by molar-refractivity contribution is 0.601. The van der Waals surface area contributed by atoms with Crippen LogP contribution >= 0.6 is 11.3 Å². The van der Waals surface area contributed by atoms with Crippen LogP contribution in [0, 0.1) is 6.92 Å². The van der Waals surface area contributed by atoms with Crippen molar-refractivity contribution in [2.45, 2.75) is 12.7 Å². The zero-order chi connectivity index (χ0) is 11.1. The van der Waals surface area contributed by atoms with Gasteiger partial charge in [0, 0.05) is 11.0 Å². The van der Waals surface area contributed by atoms with Gasteiger partial charge < -0.3 is 0 Å². The topological polar surface area (TPSA) is 34.1 Å². The zero-order valence-corrected chi connectivity index (χ0v) is 10.3. The van der Waals surface area contributed by atoms with Gasteiger partial charge in [-0.1, -0.05) is 12.1 Å². The smallest absolute Gasteiger partial charge is 0.151 e. The van der Waals surface area contributed by atoms with E-state index in [1.807, 2.05) is 30.5 Å². The maximum Gasteiger partial charge on any atom is 0.151 e. The van der Waals surface area contributed by atoms with Gasteiger partial charge in [-0.15, -0.1) is 11.3 Å². The lowest BCUT2D eigenvalue weighted by Crippen LogP contribution is -1.99. The summed E-state index contributed by atoms with van der Waals surface area (Å²) in [6.07, 6.45) is 1.27. The van der Waals surface area contributed by atoms with E-state index in [-0.39, 0.29) is 5.75 Å². The first-order valence-corrected chi connectivity index (χ1v) is 7.55. The summed E-state index contributed by atoms with van der Waals surface area (Å²) in [6, 6.07) is 6.04. The molecule has 0 N–H and O–H groups in total. The highest BCUT2D eigenvalue weighted by molar-refractivity contribution is 7.89. The Balaban J connectivity index is 2.63. The molecule has 0 saturated carbocycles. The van der Waals surface area contributed by atoms with Crippen molar-refractivity contribution in [3.05, 3.63) is 34.7 Å². The molecule has 0 amide bonds. The Morgan fingerprint density at radius 2 is 2.07 bits per heavy atom.